The van der Waals surface area contributed by atoms with Crippen LogP contribution in [0, 0.1) is 6.92 Å². The summed E-state index contributed by atoms with van der Waals surface area (Å²) in [6.45, 7) is 1.68. The molecule has 0 spiro atoms. The number of carbonyl (C=O) groups is 1. The molecule has 0 aliphatic heterocycles. The molecular formula is C9H9ClO4S. The van der Waals surface area contributed by atoms with Crippen molar-refractivity contribution >= 4 is 25.7 Å². The molecule has 1 aromatic carbocycles. The Balaban J connectivity index is 3.23. The molecule has 1 aromatic rings. The first-order chi connectivity index (χ1) is 6.79. The molecule has 0 saturated heterocycles. The minimum Gasteiger partial charge on any atom is -0.481 e. The summed E-state index contributed by atoms with van der Waals surface area (Å²) in [5.74, 6) is -1.02. The molecule has 6 heteroatoms. The van der Waals surface area contributed by atoms with Crippen LogP contribution in [0.5, 0.6) is 0 Å². The van der Waals surface area contributed by atoms with E-state index < -0.39 is 15.0 Å². The Morgan fingerprint density at radius 3 is 2.47 bits per heavy atom. The van der Waals surface area contributed by atoms with Gasteiger partial charge < -0.3 is 5.11 Å². The molecule has 0 atom stereocenters. The van der Waals surface area contributed by atoms with Gasteiger partial charge in [-0.05, 0) is 30.2 Å². The van der Waals surface area contributed by atoms with E-state index in [1.165, 1.54) is 12.1 Å². The minimum atomic E-state index is -3.80. The topological polar surface area (TPSA) is 71.4 Å². The van der Waals surface area contributed by atoms with Crippen LogP contribution in [0.25, 0.3) is 0 Å². The van der Waals surface area contributed by atoms with Crippen LogP contribution in [0.15, 0.2) is 23.1 Å². The molecule has 0 aliphatic rings. The molecule has 0 aromatic heterocycles. The molecular weight excluding hydrogens is 240 g/mol. The summed E-state index contributed by atoms with van der Waals surface area (Å²) in [6.07, 6.45) is -0.221. The number of aryl methyl sites for hydroxylation is 1. The second-order valence-electron chi connectivity index (χ2n) is 3.16. The SMILES string of the molecule is Cc1cc(CC(=O)O)cc(S(=O)(=O)Cl)c1. The van der Waals surface area contributed by atoms with E-state index in [1.54, 1.807) is 13.0 Å². The normalized spacial score (nSPS) is 11.3. The number of carboxylic acid groups (broad SMARTS) is 1. The van der Waals surface area contributed by atoms with Crippen LogP contribution in [-0.4, -0.2) is 19.5 Å². The third-order valence-corrected chi connectivity index (χ3v) is 3.08. The molecule has 0 fully saturated rings. The highest BCUT2D eigenvalue weighted by Crippen LogP contribution is 2.19. The Hall–Kier alpha value is -1.07. The van der Waals surface area contributed by atoms with E-state index >= 15 is 0 Å². The average Bonchev–Trinajstić information content (AvgIpc) is 1.99. The van der Waals surface area contributed by atoms with Gasteiger partial charge in [0, 0.05) is 10.7 Å². The Labute approximate surface area is 91.9 Å². The first kappa shape index (κ1) is 12.0. The van der Waals surface area contributed by atoms with Crippen LogP contribution in [-0.2, 0) is 20.3 Å². The van der Waals surface area contributed by atoms with Crippen LogP contribution in [0.1, 0.15) is 11.1 Å². The largest absolute Gasteiger partial charge is 0.481 e. The molecule has 0 unspecified atom stereocenters. The Bertz CT molecular complexity index is 493. The van der Waals surface area contributed by atoms with Crippen LogP contribution < -0.4 is 0 Å². The van der Waals surface area contributed by atoms with E-state index in [-0.39, 0.29) is 11.3 Å². The maximum Gasteiger partial charge on any atom is 0.307 e. The van der Waals surface area contributed by atoms with Crippen molar-refractivity contribution in [2.75, 3.05) is 0 Å². The molecule has 0 amide bonds. The van der Waals surface area contributed by atoms with E-state index in [0.29, 0.717) is 11.1 Å². The van der Waals surface area contributed by atoms with E-state index in [0.717, 1.165) is 0 Å². The zero-order chi connectivity index (χ0) is 11.6. The number of hydrogen-bond acceptors (Lipinski definition) is 3. The predicted molar refractivity (Wildman–Crippen MR) is 55.6 cm³/mol. The summed E-state index contributed by atoms with van der Waals surface area (Å²) < 4.78 is 22.1. The predicted octanol–water partition coefficient (Wildman–Crippen LogP) is 1.55. The highest BCUT2D eigenvalue weighted by Gasteiger charge is 2.12. The summed E-state index contributed by atoms with van der Waals surface area (Å²) in [5.41, 5.74) is 1.08. The molecule has 1 N–H and O–H groups in total. The maximum atomic E-state index is 11.0. The molecule has 0 bridgehead atoms. The van der Waals surface area contributed by atoms with Crippen LogP contribution >= 0.6 is 10.7 Å². The first-order valence-electron chi connectivity index (χ1n) is 4.06. The van der Waals surface area contributed by atoms with Gasteiger partial charge in [0.25, 0.3) is 9.05 Å². The van der Waals surface area contributed by atoms with Gasteiger partial charge in [-0.15, -0.1) is 0 Å². The van der Waals surface area contributed by atoms with Crippen LogP contribution in [0.2, 0.25) is 0 Å². The first-order valence-corrected chi connectivity index (χ1v) is 6.37. The Morgan fingerprint density at radius 2 is 2.00 bits per heavy atom. The van der Waals surface area contributed by atoms with Gasteiger partial charge in [-0.2, -0.15) is 0 Å². The van der Waals surface area contributed by atoms with Crippen LogP contribution in [0.4, 0.5) is 0 Å². The van der Waals surface area contributed by atoms with E-state index in [2.05, 4.69) is 0 Å². The monoisotopic (exact) mass is 248 g/mol. The molecule has 82 valence electrons. The lowest BCUT2D eigenvalue weighted by Crippen LogP contribution is -2.02. The summed E-state index contributed by atoms with van der Waals surface area (Å²) in [6, 6.07) is 4.27. The zero-order valence-electron chi connectivity index (χ0n) is 7.90. The summed E-state index contributed by atoms with van der Waals surface area (Å²) in [5, 5.41) is 8.57. The molecule has 0 aliphatic carbocycles. The highest BCUT2D eigenvalue weighted by molar-refractivity contribution is 8.13. The average molecular weight is 249 g/mol. The fraction of sp³-hybridized carbons (Fsp3) is 0.222. The third-order valence-electron chi connectivity index (χ3n) is 1.75. The molecule has 0 heterocycles. The number of halogens is 1. The van der Waals surface area contributed by atoms with E-state index in [9.17, 15) is 13.2 Å². The van der Waals surface area contributed by atoms with Crippen LogP contribution in [0.3, 0.4) is 0 Å². The molecule has 0 radical (unpaired) electrons. The van der Waals surface area contributed by atoms with Crippen molar-refractivity contribution in [1.82, 2.24) is 0 Å². The standard InChI is InChI=1S/C9H9ClO4S/c1-6-2-7(5-9(11)12)4-8(3-6)15(10,13)14/h2-4H,5H2,1H3,(H,11,12). The number of rotatable bonds is 3. The molecule has 15 heavy (non-hydrogen) atoms. The maximum absolute atomic E-state index is 11.0. The highest BCUT2D eigenvalue weighted by atomic mass is 35.7. The van der Waals surface area contributed by atoms with Crippen molar-refractivity contribution in [3.05, 3.63) is 29.3 Å². The summed E-state index contributed by atoms with van der Waals surface area (Å²) in [4.78, 5) is 10.4. The van der Waals surface area contributed by atoms with Gasteiger partial charge in [-0.3, -0.25) is 4.79 Å². The zero-order valence-corrected chi connectivity index (χ0v) is 9.47. The molecule has 0 saturated carbocycles. The van der Waals surface area contributed by atoms with Crippen molar-refractivity contribution in [3.8, 4) is 0 Å². The van der Waals surface area contributed by atoms with Gasteiger partial charge in [-0.25, -0.2) is 8.42 Å². The summed E-state index contributed by atoms with van der Waals surface area (Å²) >= 11 is 0. The van der Waals surface area contributed by atoms with Gasteiger partial charge in [0.2, 0.25) is 0 Å². The number of hydrogen-bond donors (Lipinski definition) is 1. The Kier molecular flexibility index (Phi) is 3.36. The van der Waals surface area contributed by atoms with Gasteiger partial charge in [-0.1, -0.05) is 6.07 Å². The second kappa shape index (κ2) is 4.20. The lowest BCUT2D eigenvalue weighted by molar-refractivity contribution is -0.136. The van der Waals surface area contributed by atoms with Crippen molar-refractivity contribution in [1.29, 1.82) is 0 Å². The number of benzene rings is 1. The lowest BCUT2D eigenvalue weighted by Gasteiger charge is -2.03. The minimum absolute atomic E-state index is 0.0691. The quantitative estimate of drug-likeness (QED) is 0.824. The van der Waals surface area contributed by atoms with Crippen molar-refractivity contribution < 1.29 is 18.3 Å². The Morgan fingerprint density at radius 1 is 1.40 bits per heavy atom. The van der Waals surface area contributed by atoms with E-state index in [1.807, 2.05) is 0 Å². The van der Waals surface area contributed by atoms with Gasteiger partial charge in [0.1, 0.15) is 0 Å². The van der Waals surface area contributed by atoms with E-state index in [4.69, 9.17) is 15.8 Å². The fourth-order valence-corrected chi connectivity index (χ4v) is 2.13. The lowest BCUT2D eigenvalue weighted by atomic mass is 10.1. The van der Waals surface area contributed by atoms with Gasteiger partial charge in [0.15, 0.2) is 0 Å². The second-order valence-corrected chi connectivity index (χ2v) is 5.73. The molecule has 1 rings (SSSR count). The van der Waals surface area contributed by atoms with Crippen molar-refractivity contribution in [3.63, 3.8) is 0 Å². The van der Waals surface area contributed by atoms with Crippen molar-refractivity contribution in [2.45, 2.75) is 18.2 Å². The summed E-state index contributed by atoms with van der Waals surface area (Å²) in [7, 11) is 1.36. The van der Waals surface area contributed by atoms with Gasteiger partial charge >= 0.3 is 5.97 Å². The smallest absolute Gasteiger partial charge is 0.307 e. The fourth-order valence-electron chi connectivity index (χ4n) is 1.24. The van der Waals surface area contributed by atoms with Gasteiger partial charge in [0.05, 0.1) is 11.3 Å². The molecule has 4 nitrogen and oxygen atoms in total. The number of carboxylic acids is 1. The third kappa shape index (κ3) is 3.53. The van der Waals surface area contributed by atoms with Crippen molar-refractivity contribution in [2.24, 2.45) is 0 Å². The number of aliphatic carboxylic acids is 1.